The van der Waals surface area contributed by atoms with E-state index < -0.39 is 5.82 Å². The highest BCUT2D eigenvalue weighted by molar-refractivity contribution is 6.30. The first-order valence-corrected chi connectivity index (χ1v) is 12.1. The smallest absolute Gasteiger partial charge is 0.227 e. The molecule has 0 unspecified atom stereocenters. The average Bonchev–Trinajstić information content (AvgIpc) is 2.90. The molecule has 1 fully saturated rings. The average molecular weight is 536 g/mol. The molecule has 4 aromatic rings. The molecule has 0 saturated carbocycles. The van der Waals surface area contributed by atoms with Crippen molar-refractivity contribution in [3.8, 4) is 17.3 Å². The van der Waals surface area contributed by atoms with E-state index in [1.54, 1.807) is 18.2 Å². The van der Waals surface area contributed by atoms with Crippen LogP contribution in [0.1, 0.15) is 18.1 Å². The summed E-state index contributed by atoms with van der Waals surface area (Å²) in [5.41, 5.74) is 2.94. The van der Waals surface area contributed by atoms with Crippen LogP contribution in [0, 0.1) is 17.1 Å². The summed E-state index contributed by atoms with van der Waals surface area (Å²) in [6, 6.07) is 21.9. The fourth-order valence-corrected chi connectivity index (χ4v) is 4.86. The van der Waals surface area contributed by atoms with Crippen LogP contribution in [0.25, 0.3) is 22.0 Å². The maximum atomic E-state index is 13.5. The van der Waals surface area contributed by atoms with Crippen LogP contribution in [0.3, 0.4) is 0 Å². The fourth-order valence-electron chi connectivity index (χ4n) is 4.65. The molecule has 1 saturated heterocycles. The standard InChI is InChI=1S/C28H23ClFN5O.ClH/c1-18-17-34(26(36)15-20-8-11-25(30)24(29)14-20)12-13-35(18)28-23-5-3-2-4-22(23)27(32-33-28)21-9-6-19(16-31)7-10-21;/h2-11,14,18H,12-13,15,17H2,1H3;1H/t18-;/m0./s1. The summed E-state index contributed by atoms with van der Waals surface area (Å²) in [5.74, 6) is 0.276. The number of hydrogen-bond donors (Lipinski definition) is 0. The molecule has 0 spiro atoms. The Morgan fingerprint density at radius 1 is 1.08 bits per heavy atom. The van der Waals surface area contributed by atoms with Gasteiger partial charge >= 0.3 is 0 Å². The van der Waals surface area contributed by atoms with Gasteiger partial charge in [0.05, 0.1) is 23.1 Å². The summed E-state index contributed by atoms with van der Waals surface area (Å²) < 4.78 is 13.5. The summed E-state index contributed by atoms with van der Waals surface area (Å²) in [7, 11) is 0. The Morgan fingerprint density at radius 2 is 1.81 bits per heavy atom. The van der Waals surface area contributed by atoms with E-state index >= 15 is 0 Å². The third-order valence-electron chi connectivity index (χ3n) is 6.55. The molecule has 0 aliphatic carbocycles. The van der Waals surface area contributed by atoms with Gasteiger partial charge in [-0.2, -0.15) is 5.26 Å². The van der Waals surface area contributed by atoms with Crippen molar-refractivity contribution in [3.63, 3.8) is 0 Å². The molecule has 1 aromatic heterocycles. The summed E-state index contributed by atoms with van der Waals surface area (Å²) in [6.45, 7) is 3.78. The highest BCUT2D eigenvalue weighted by Crippen LogP contribution is 2.33. The lowest BCUT2D eigenvalue weighted by atomic mass is 10.0. The van der Waals surface area contributed by atoms with Crippen molar-refractivity contribution in [2.75, 3.05) is 24.5 Å². The molecule has 5 rings (SSSR count). The number of amides is 1. The van der Waals surface area contributed by atoms with Gasteiger partial charge in [0.1, 0.15) is 11.5 Å². The van der Waals surface area contributed by atoms with Gasteiger partial charge in [-0.25, -0.2) is 4.39 Å². The van der Waals surface area contributed by atoms with Crippen LogP contribution >= 0.6 is 24.0 Å². The van der Waals surface area contributed by atoms with Crippen molar-refractivity contribution in [1.29, 1.82) is 5.26 Å². The second-order valence-electron chi connectivity index (χ2n) is 8.91. The highest BCUT2D eigenvalue weighted by Gasteiger charge is 2.29. The molecular weight excluding hydrogens is 512 g/mol. The topological polar surface area (TPSA) is 73.1 Å². The number of hydrogen-bond acceptors (Lipinski definition) is 5. The lowest BCUT2D eigenvalue weighted by molar-refractivity contribution is -0.131. The Morgan fingerprint density at radius 3 is 2.49 bits per heavy atom. The summed E-state index contributed by atoms with van der Waals surface area (Å²) in [6.07, 6.45) is 0.175. The van der Waals surface area contributed by atoms with Gasteiger partial charge < -0.3 is 9.80 Å². The Balaban J connectivity index is 0.00000320. The van der Waals surface area contributed by atoms with Crippen molar-refractivity contribution >= 4 is 46.5 Å². The zero-order chi connectivity index (χ0) is 25.2. The van der Waals surface area contributed by atoms with Crippen molar-refractivity contribution in [3.05, 3.63) is 88.7 Å². The molecule has 9 heteroatoms. The molecule has 3 aromatic carbocycles. The van der Waals surface area contributed by atoms with Gasteiger partial charge in [-0.1, -0.05) is 54.1 Å². The predicted octanol–water partition coefficient (Wildman–Crippen LogP) is 5.66. The largest absolute Gasteiger partial charge is 0.348 e. The molecule has 37 heavy (non-hydrogen) atoms. The molecule has 1 aliphatic heterocycles. The second-order valence-corrected chi connectivity index (χ2v) is 9.32. The van der Waals surface area contributed by atoms with Gasteiger partial charge in [-0.05, 0) is 36.8 Å². The van der Waals surface area contributed by atoms with Gasteiger partial charge in [0, 0.05) is 42.0 Å². The van der Waals surface area contributed by atoms with Gasteiger partial charge in [0.25, 0.3) is 0 Å². The minimum absolute atomic E-state index is 0. The van der Waals surface area contributed by atoms with E-state index in [1.165, 1.54) is 12.1 Å². The summed E-state index contributed by atoms with van der Waals surface area (Å²) in [4.78, 5) is 17.0. The first-order chi connectivity index (χ1) is 17.4. The third kappa shape index (κ3) is 5.36. The van der Waals surface area contributed by atoms with Gasteiger partial charge in [-0.3, -0.25) is 4.79 Å². The van der Waals surface area contributed by atoms with Gasteiger partial charge in [-0.15, -0.1) is 22.6 Å². The van der Waals surface area contributed by atoms with Crippen LogP contribution in [0.15, 0.2) is 66.7 Å². The van der Waals surface area contributed by atoms with Crippen LogP contribution in [0.2, 0.25) is 5.02 Å². The number of piperazine rings is 1. The number of nitrogens with zero attached hydrogens (tertiary/aromatic N) is 5. The number of benzene rings is 3. The van der Waals surface area contributed by atoms with Crippen molar-refractivity contribution < 1.29 is 9.18 Å². The zero-order valence-corrected chi connectivity index (χ0v) is 21.6. The number of halogens is 3. The number of carbonyl (C=O) groups is 1. The van der Waals surface area contributed by atoms with Gasteiger partial charge in [0.2, 0.25) is 5.91 Å². The van der Waals surface area contributed by atoms with E-state index in [0.717, 1.165) is 27.8 Å². The second kappa shape index (κ2) is 11.1. The van der Waals surface area contributed by atoms with Crippen LogP contribution in [-0.4, -0.2) is 46.7 Å². The van der Waals surface area contributed by atoms with Crippen molar-refractivity contribution in [2.45, 2.75) is 19.4 Å². The number of rotatable bonds is 4. The van der Waals surface area contributed by atoms with Crippen molar-refractivity contribution in [2.24, 2.45) is 0 Å². The molecule has 1 aliphatic rings. The molecule has 0 bridgehead atoms. The normalized spacial score (nSPS) is 15.2. The van der Waals surface area contributed by atoms with Crippen LogP contribution < -0.4 is 4.90 Å². The number of nitriles is 1. The van der Waals surface area contributed by atoms with E-state index in [1.807, 2.05) is 41.3 Å². The number of fused-ring (bicyclic) bond motifs is 1. The number of aromatic nitrogens is 2. The van der Waals surface area contributed by atoms with Gasteiger partial charge in [0.15, 0.2) is 5.82 Å². The maximum absolute atomic E-state index is 13.5. The Bertz CT molecular complexity index is 1490. The number of carbonyl (C=O) groups excluding carboxylic acids is 1. The minimum Gasteiger partial charge on any atom is -0.348 e. The van der Waals surface area contributed by atoms with Crippen LogP contribution in [-0.2, 0) is 11.2 Å². The molecule has 0 radical (unpaired) electrons. The first-order valence-electron chi connectivity index (χ1n) is 11.7. The Kier molecular flexibility index (Phi) is 7.91. The lowest BCUT2D eigenvalue weighted by Crippen LogP contribution is -2.54. The zero-order valence-electron chi connectivity index (χ0n) is 20.1. The third-order valence-corrected chi connectivity index (χ3v) is 6.84. The van der Waals surface area contributed by atoms with E-state index in [9.17, 15) is 9.18 Å². The van der Waals surface area contributed by atoms with E-state index in [4.69, 9.17) is 16.9 Å². The lowest BCUT2D eigenvalue weighted by Gasteiger charge is -2.40. The monoisotopic (exact) mass is 535 g/mol. The van der Waals surface area contributed by atoms with E-state index in [0.29, 0.717) is 30.8 Å². The molecule has 188 valence electrons. The maximum Gasteiger partial charge on any atom is 0.227 e. The number of anilines is 1. The minimum atomic E-state index is -0.492. The predicted molar refractivity (Wildman–Crippen MR) is 145 cm³/mol. The molecule has 1 atom stereocenters. The van der Waals surface area contributed by atoms with Crippen LogP contribution in [0.4, 0.5) is 10.2 Å². The summed E-state index contributed by atoms with van der Waals surface area (Å²) >= 11 is 5.87. The van der Waals surface area contributed by atoms with E-state index in [2.05, 4.69) is 28.1 Å². The molecule has 2 heterocycles. The molecule has 1 amide bonds. The quantitative estimate of drug-likeness (QED) is 0.337. The Hall–Kier alpha value is -3.73. The first kappa shape index (κ1) is 26.3. The van der Waals surface area contributed by atoms with Crippen LogP contribution in [0.5, 0.6) is 0 Å². The van der Waals surface area contributed by atoms with E-state index in [-0.39, 0.29) is 35.8 Å². The Labute approximate surface area is 225 Å². The fraction of sp³-hybridized carbons (Fsp3) is 0.214. The summed E-state index contributed by atoms with van der Waals surface area (Å²) in [5, 5.41) is 20.3. The SMILES string of the molecule is C[C@H]1CN(C(=O)Cc2ccc(F)c(Cl)c2)CCN1c1nnc(-c2ccc(C#N)cc2)c2ccccc12.Cl. The van der Waals surface area contributed by atoms with Crippen molar-refractivity contribution in [1.82, 2.24) is 15.1 Å². The molecular formula is C28H24Cl2FN5O. The highest BCUT2D eigenvalue weighted by atomic mass is 35.5. The molecule has 6 nitrogen and oxygen atoms in total. The molecule has 0 N–H and O–H groups in total.